The quantitative estimate of drug-likeness (QED) is 0.168. The fourth-order valence-corrected chi connectivity index (χ4v) is 4.61. The van der Waals surface area contributed by atoms with E-state index in [2.05, 4.69) is 31.6 Å². The van der Waals surface area contributed by atoms with Crippen LogP contribution in [0.3, 0.4) is 0 Å². The Balaban J connectivity index is 1.30. The number of anilines is 2. The number of aliphatic hydroxyl groups is 1. The molecule has 3 aromatic rings. The molecule has 4 rings (SSSR count). The largest absolute Gasteiger partial charge is 0.481 e. The predicted octanol–water partition coefficient (Wildman–Crippen LogP) is 2.58. The molecular formula is C29H28Cl2N6O6. The van der Waals surface area contributed by atoms with Crippen molar-refractivity contribution in [3.8, 4) is 11.1 Å². The van der Waals surface area contributed by atoms with Gasteiger partial charge in [-0.3, -0.25) is 24.2 Å². The van der Waals surface area contributed by atoms with Gasteiger partial charge in [0.15, 0.2) is 11.9 Å². The van der Waals surface area contributed by atoms with Crippen LogP contribution in [0, 0.1) is 5.92 Å². The summed E-state index contributed by atoms with van der Waals surface area (Å²) in [5.41, 5.74) is 2.41. The van der Waals surface area contributed by atoms with Crippen LogP contribution in [0.5, 0.6) is 0 Å². The molecule has 0 unspecified atom stereocenters. The summed E-state index contributed by atoms with van der Waals surface area (Å²) >= 11 is 12.7. The second kappa shape index (κ2) is 14.5. The zero-order valence-electron chi connectivity index (χ0n) is 22.6. The average Bonchev–Trinajstić information content (AvgIpc) is 2.99. The number of carbonyl (C=O) groups is 4. The van der Waals surface area contributed by atoms with Gasteiger partial charge in [-0.15, -0.1) is 0 Å². The minimum absolute atomic E-state index is 0.0403. The third kappa shape index (κ3) is 8.67. The Morgan fingerprint density at radius 1 is 0.953 bits per heavy atom. The van der Waals surface area contributed by atoms with E-state index in [1.165, 1.54) is 0 Å². The van der Waals surface area contributed by atoms with E-state index in [1.807, 2.05) is 30.3 Å². The van der Waals surface area contributed by atoms with E-state index in [4.69, 9.17) is 23.2 Å². The average molecular weight is 627 g/mol. The predicted molar refractivity (Wildman–Crippen MR) is 163 cm³/mol. The number of benzene rings is 3. The molecule has 0 aromatic heterocycles. The van der Waals surface area contributed by atoms with Crippen molar-refractivity contribution in [3.05, 3.63) is 82.3 Å². The molecular weight excluding hydrogens is 599 g/mol. The summed E-state index contributed by atoms with van der Waals surface area (Å²) in [4.78, 5) is 53.7. The van der Waals surface area contributed by atoms with Crippen molar-refractivity contribution in [1.82, 2.24) is 16.0 Å². The number of nitrogens with one attached hydrogen (secondary N) is 5. The Kier molecular flexibility index (Phi) is 10.5. The summed E-state index contributed by atoms with van der Waals surface area (Å²) in [5.74, 6) is -4.89. The van der Waals surface area contributed by atoms with Crippen LogP contribution in [0.2, 0.25) is 10.0 Å². The normalized spacial score (nSPS) is 14.9. The second-order valence-corrected chi connectivity index (χ2v) is 10.3. The molecule has 3 aromatic carbocycles. The zero-order chi connectivity index (χ0) is 30.9. The Bertz CT molecular complexity index is 1530. The molecule has 0 radical (unpaired) electrons. The van der Waals surface area contributed by atoms with Crippen LogP contribution in [0.1, 0.15) is 10.4 Å². The number of nitrogens with zero attached hydrogens (tertiary/aromatic N) is 1. The highest BCUT2D eigenvalue weighted by Gasteiger charge is 2.28. The second-order valence-electron chi connectivity index (χ2n) is 9.48. The number of hydrogen-bond acceptors (Lipinski definition) is 8. The van der Waals surface area contributed by atoms with Gasteiger partial charge >= 0.3 is 5.97 Å². The molecule has 0 spiro atoms. The maximum absolute atomic E-state index is 12.8. The Morgan fingerprint density at radius 2 is 1.67 bits per heavy atom. The van der Waals surface area contributed by atoms with Gasteiger partial charge in [-0.1, -0.05) is 59.6 Å². The van der Waals surface area contributed by atoms with Crippen LogP contribution in [0.15, 0.2) is 71.7 Å². The molecule has 1 heterocycles. The van der Waals surface area contributed by atoms with E-state index < -0.39 is 48.8 Å². The summed E-state index contributed by atoms with van der Waals surface area (Å²) < 4.78 is 0. The molecule has 0 bridgehead atoms. The van der Waals surface area contributed by atoms with Crippen LogP contribution in [-0.2, 0) is 14.4 Å². The number of carboxylic acids is 1. The number of carbonyl (C=O) groups excluding carboxylic acids is 3. The van der Waals surface area contributed by atoms with Crippen LogP contribution in [0.4, 0.5) is 11.4 Å². The number of carboxylic acid groups (broad SMARTS) is 1. The number of aliphatic hydroxyl groups excluding tert-OH is 1. The number of β-amino-alcohol motifs (C(OH)–C–C–N with tert-alkyl or cyclic N) is 1. The standard InChI is InChI=1S/C29H28Cl2N6O6/c30-22-10-18(16-5-2-1-3-6-16)11-23(31)25(22)37-27(41)21(28(42)43)14-32-24(39)15-33-26(40)17-7-4-8-19(9-17)36-29-34-12-20(38)13-35-29/h1-11,20-21,38H,12-15H2,(H,32,39)(H,33,40)(H,37,41)(H,42,43)(H2,34,35,36)/t21-/m0/s1. The first-order chi connectivity index (χ1) is 20.6. The summed E-state index contributed by atoms with van der Waals surface area (Å²) in [7, 11) is 0. The van der Waals surface area contributed by atoms with Crippen LogP contribution >= 0.6 is 23.2 Å². The Labute approximate surface area is 256 Å². The smallest absolute Gasteiger partial charge is 0.317 e. The molecule has 7 N–H and O–H groups in total. The van der Waals surface area contributed by atoms with E-state index >= 15 is 0 Å². The monoisotopic (exact) mass is 626 g/mol. The van der Waals surface area contributed by atoms with E-state index in [9.17, 15) is 29.4 Å². The summed E-state index contributed by atoms with van der Waals surface area (Å²) in [6, 6.07) is 18.9. The summed E-state index contributed by atoms with van der Waals surface area (Å²) in [6.45, 7) is -0.418. The Hall–Kier alpha value is -4.65. The maximum Gasteiger partial charge on any atom is 0.317 e. The fraction of sp³-hybridized carbons (Fsp3) is 0.207. The van der Waals surface area contributed by atoms with E-state index in [1.54, 1.807) is 36.4 Å². The lowest BCUT2D eigenvalue weighted by Crippen LogP contribution is -2.43. The molecule has 12 nitrogen and oxygen atoms in total. The van der Waals surface area contributed by atoms with Gasteiger partial charge in [0.05, 0.1) is 34.9 Å². The van der Waals surface area contributed by atoms with Gasteiger partial charge in [-0.25, -0.2) is 0 Å². The third-order valence-electron chi connectivity index (χ3n) is 6.28. The van der Waals surface area contributed by atoms with Crippen molar-refractivity contribution in [2.45, 2.75) is 6.10 Å². The maximum atomic E-state index is 12.8. The van der Waals surface area contributed by atoms with Gasteiger partial charge in [-0.2, -0.15) is 0 Å². The van der Waals surface area contributed by atoms with Gasteiger partial charge in [0, 0.05) is 24.3 Å². The minimum Gasteiger partial charge on any atom is -0.481 e. The first-order valence-electron chi connectivity index (χ1n) is 13.1. The van der Waals surface area contributed by atoms with E-state index in [0.29, 0.717) is 23.8 Å². The van der Waals surface area contributed by atoms with Gasteiger partial charge in [0.1, 0.15) is 0 Å². The molecule has 1 aliphatic rings. The number of guanidine groups is 1. The molecule has 14 heteroatoms. The first kappa shape index (κ1) is 31.3. The van der Waals surface area contributed by atoms with E-state index in [0.717, 1.165) is 5.56 Å². The van der Waals surface area contributed by atoms with Gasteiger partial charge in [-0.05, 0) is 41.5 Å². The molecule has 0 saturated carbocycles. The van der Waals surface area contributed by atoms with Crippen molar-refractivity contribution < 1.29 is 29.4 Å². The highest BCUT2D eigenvalue weighted by molar-refractivity contribution is 6.40. The molecule has 0 aliphatic carbocycles. The number of hydrogen-bond donors (Lipinski definition) is 7. The molecule has 2 atom stereocenters. The van der Waals surface area contributed by atoms with Crippen molar-refractivity contribution in [3.63, 3.8) is 0 Å². The number of halogens is 2. The van der Waals surface area contributed by atoms with Crippen molar-refractivity contribution >= 4 is 64.2 Å². The van der Waals surface area contributed by atoms with Crippen LogP contribution < -0.4 is 26.6 Å². The molecule has 224 valence electrons. The zero-order valence-corrected chi connectivity index (χ0v) is 24.1. The lowest BCUT2D eigenvalue weighted by molar-refractivity contribution is -0.145. The highest BCUT2D eigenvalue weighted by atomic mass is 35.5. The minimum atomic E-state index is -1.67. The van der Waals surface area contributed by atoms with Crippen LogP contribution in [-0.4, -0.2) is 72.1 Å². The van der Waals surface area contributed by atoms with Gasteiger partial charge in [0.2, 0.25) is 11.8 Å². The third-order valence-corrected chi connectivity index (χ3v) is 6.87. The van der Waals surface area contributed by atoms with Crippen molar-refractivity contribution in [1.29, 1.82) is 0 Å². The summed E-state index contributed by atoms with van der Waals surface area (Å²) in [5, 5.41) is 32.5. The number of amides is 3. The lowest BCUT2D eigenvalue weighted by atomic mass is 10.0. The highest BCUT2D eigenvalue weighted by Crippen LogP contribution is 2.36. The van der Waals surface area contributed by atoms with Crippen molar-refractivity contribution in [2.75, 3.05) is 36.8 Å². The molecule has 1 aliphatic heterocycles. The van der Waals surface area contributed by atoms with Gasteiger partial charge in [0.25, 0.3) is 5.91 Å². The lowest BCUT2D eigenvalue weighted by Gasteiger charge is -2.20. The first-order valence-corrected chi connectivity index (χ1v) is 13.8. The number of aliphatic imine (C=N–C) groups is 1. The van der Waals surface area contributed by atoms with Crippen LogP contribution in [0.25, 0.3) is 11.1 Å². The molecule has 43 heavy (non-hydrogen) atoms. The molecule has 3 amide bonds. The summed E-state index contributed by atoms with van der Waals surface area (Å²) in [6.07, 6.45) is -0.566. The van der Waals surface area contributed by atoms with Crippen molar-refractivity contribution in [2.24, 2.45) is 10.9 Å². The fourth-order valence-electron chi connectivity index (χ4n) is 4.02. The number of aliphatic carboxylic acids is 1. The van der Waals surface area contributed by atoms with E-state index in [-0.39, 0.29) is 27.8 Å². The Morgan fingerprint density at radius 3 is 2.33 bits per heavy atom. The van der Waals surface area contributed by atoms with Gasteiger partial charge < -0.3 is 36.8 Å². The topological polar surface area (TPSA) is 181 Å². The molecule has 0 saturated heterocycles. The number of rotatable bonds is 10. The SMILES string of the molecule is O=C(CNC(=O)c1cccc(NC2=NC[C@@H](O)CN2)c1)NC[C@H](C(=O)O)C(=O)Nc1c(Cl)cc(-c2ccccc2)cc1Cl. The molecule has 0 fully saturated rings.